The van der Waals surface area contributed by atoms with Crippen molar-refractivity contribution in [3.05, 3.63) is 33.7 Å². The fourth-order valence-electron chi connectivity index (χ4n) is 9.01. The zero-order valence-corrected chi connectivity index (χ0v) is 29.0. The van der Waals surface area contributed by atoms with E-state index in [-0.39, 0.29) is 29.7 Å². The lowest BCUT2D eigenvalue weighted by molar-refractivity contribution is -0.217. The number of hydrogen-bond acceptors (Lipinski definition) is 12. The van der Waals surface area contributed by atoms with Crippen LogP contribution in [0, 0.1) is 28.6 Å². The third kappa shape index (κ3) is 3.53. The van der Waals surface area contributed by atoms with Crippen molar-refractivity contribution in [2.45, 2.75) is 117 Å². The van der Waals surface area contributed by atoms with Crippen molar-refractivity contribution in [1.29, 1.82) is 0 Å². The van der Waals surface area contributed by atoms with Crippen LogP contribution in [0.4, 0.5) is 0 Å². The van der Waals surface area contributed by atoms with Crippen molar-refractivity contribution < 1.29 is 52.0 Å². The molecule has 6 atom stereocenters. The fraction of sp³-hybridized carbons (Fsp3) is 0.639. The van der Waals surface area contributed by atoms with Gasteiger partial charge < -0.3 is 32.8 Å². The van der Waals surface area contributed by atoms with Crippen molar-refractivity contribution in [2.75, 3.05) is 7.11 Å². The lowest BCUT2D eigenvalue weighted by Crippen LogP contribution is -2.57. The standard InChI is InChI=1S/C36H42O12/c1-17-15-20(37)43-23-21(17)18(42-10)16-19-22(23)24(44-28(40)35-13-11-33(8,26(38)47-35)31(35,4)5)25(30(2,3)46-19)45-29(41)36-14-12-34(9,27(39)48-36)32(36,6)7/h15-16,24-25H,11-14H2,1-10H3/t24-,25-,33?,34?,35?,36?/m1/s1. The van der Waals surface area contributed by atoms with E-state index in [1.807, 2.05) is 13.8 Å². The SMILES string of the molecule is COc1cc2c(c3oc(=O)cc(C)c13)[C@@H](OC(=O)C13CCC(C)(C(=O)O1)C3(C)C)[C@@H](OC(=O)C13CCC(C)(C(=O)O1)C3(C)C)C(C)(C)O2. The summed E-state index contributed by atoms with van der Waals surface area (Å²) in [5.74, 6) is -2.07. The number of ether oxygens (including phenoxy) is 6. The molecular weight excluding hydrogens is 624 g/mol. The number of rotatable bonds is 5. The van der Waals surface area contributed by atoms with Crippen LogP contribution in [0.1, 0.15) is 98.3 Å². The van der Waals surface area contributed by atoms with Gasteiger partial charge in [-0.25, -0.2) is 14.4 Å². The van der Waals surface area contributed by atoms with Gasteiger partial charge in [-0.2, -0.15) is 0 Å². The van der Waals surface area contributed by atoms with Gasteiger partial charge in [0.2, 0.25) is 11.2 Å². The van der Waals surface area contributed by atoms with Crippen LogP contribution in [0.5, 0.6) is 11.5 Å². The Bertz CT molecular complexity index is 1900. The number of benzene rings is 1. The Hall–Kier alpha value is -4.09. The van der Waals surface area contributed by atoms with E-state index < -0.39 is 80.2 Å². The minimum atomic E-state index is -1.62. The van der Waals surface area contributed by atoms with E-state index >= 15 is 0 Å². The van der Waals surface area contributed by atoms with Crippen LogP contribution < -0.4 is 15.1 Å². The molecule has 4 fully saturated rings. The molecule has 2 aromatic rings. The lowest BCUT2D eigenvalue weighted by atomic mass is 9.66. The third-order valence-corrected chi connectivity index (χ3v) is 13.3. The van der Waals surface area contributed by atoms with Gasteiger partial charge in [0, 0.05) is 23.0 Å². The molecule has 2 aliphatic carbocycles. The second kappa shape index (κ2) is 9.32. The van der Waals surface area contributed by atoms with Crippen molar-refractivity contribution >= 4 is 34.8 Å². The average Bonchev–Trinajstić information content (AvgIpc) is 3.45. The summed E-state index contributed by atoms with van der Waals surface area (Å²) in [7, 11) is 1.47. The Labute approximate surface area is 277 Å². The Kier molecular flexibility index (Phi) is 6.30. The highest BCUT2D eigenvalue weighted by molar-refractivity contribution is 5.96. The van der Waals surface area contributed by atoms with E-state index in [4.69, 9.17) is 32.8 Å². The quantitative estimate of drug-likeness (QED) is 0.239. The second-order valence-electron chi connectivity index (χ2n) is 16.1. The maximum absolute atomic E-state index is 14.5. The Morgan fingerprint density at radius 3 is 1.73 bits per heavy atom. The number of methoxy groups -OCH3 is 1. The Morgan fingerprint density at radius 1 is 0.750 bits per heavy atom. The molecule has 4 bridgehead atoms. The van der Waals surface area contributed by atoms with Gasteiger partial charge in [-0.15, -0.1) is 0 Å². The number of carbonyl (C=O) groups is 4. The molecule has 2 saturated carbocycles. The van der Waals surface area contributed by atoms with E-state index in [2.05, 4.69) is 0 Å². The highest BCUT2D eigenvalue weighted by atomic mass is 16.7. The predicted molar refractivity (Wildman–Crippen MR) is 167 cm³/mol. The molecule has 7 rings (SSSR count). The van der Waals surface area contributed by atoms with E-state index in [9.17, 15) is 24.0 Å². The number of fused-ring (bicyclic) bond motifs is 7. The molecule has 3 aliphatic heterocycles. The van der Waals surface area contributed by atoms with Crippen LogP contribution in [-0.4, -0.2) is 53.9 Å². The second-order valence-corrected chi connectivity index (χ2v) is 16.1. The Balaban J connectivity index is 1.40. The van der Waals surface area contributed by atoms with Crippen LogP contribution in [0.3, 0.4) is 0 Å². The van der Waals surface area contributed by atoms with Crippen LogP contribution in [-0.2, 0) is 38.1 Å². The molecule has 48 heavy (non-hydrogen) atoms. The highest BCUT2D eigenvalue weighted by Gasteiger charge is 2.78. The maximum Gasteiger partial charge on any atom is 0.351 e. The largest absolute Gasteiger partial charge is 0.496 e. The fourth-order valence-corrected chi connectivity index (χ4v) is 9.01. The van der Waals surface area contributed by atoms with Gasteiger partial charge in [-0.05, 0) is 65.9 Å². The van der Waals surface area contributed by atoms with Crippen molar-refractivity contribution in [3.8, 4) is 11.5 Å². The molecule has 12 nitrogen and oxygen atoms in total. The highest BCUT2D eigenvalue weighted by Crippen LogP contribution is 2.67. The normalized spacial score (nSPS) is 36.2. The molecule has 0 amide bonds. The molecule has 2 saturated heterocycles. The van der Waals surface area contributed by atoms with E-state index in [1.165, 1.54) is 13.2 Å². The van der Waals surface area contributed by atoms with E-state index in [0.717, 1.165) is 0 Å². The van der Waals surface area contributed by atoms with Crippen molar-refractivity contribution in [3.63, 3.8) is 0 Å². The molecule has 0 radical (unpaired) electrons. The molecule has 0 spiro atoms. The van der Waals surface area contributed by atoms with Gasteiger partial charge in [-0.3, -0.25) is 9.59 Å². The maximum atomic E-state index is 14.5. The lowest BCUT2D eigenvalue weighted by Gasteiger charge is -2.46. The molecule has 4 unspecified atom stereocenters. The first-order chi connectivity index (χ1) is 22.1. The molecule has 5 aliphatic rings. The van der Waals surface area contributed by atoms with Crippen LogP contribution in [0.2, 0.25) is 0 Å². The number of carbonyl (C=O) groups excluding carboxylic acids is 4. The summed E-state index contributed by atoms with van der Waals surface area (Å²) in [6.45, 7) is 15.9. The van der Waals surface area contributed by atoms with Crippen molar-refractivity contribution in [1.82, 2.24) is 0 Å². The van der Waals surface area contributed by atoms with Gasteiger partial charge in [0.1, 0.15) is 17.1 Å². The third-order valence-electron chi connectivity index (χ3n) is 13.3. The number of aryl methyl sites for hydroxylation is 1. The van der Waals surface area contributed by atoms with E-state index in [1.54, 1.807) is 54.5 Å². The first-order valence-electron chi connectivity index (χ1n) is 16.4. The van der Waals surface area contributed by atoms with Crippen LogP contribution >= 0.6 is 0 Å². The minimum Gasteiger partial charge on any atom is -0.496 e. The summed E-state index contributed by atoms with van der Waals surface area (Å²) in [5.41, 5.74) is -8.21. The zero-order valence-electron chi connectivity index (χ0n) is 29.0. The molecule has 4 heterocycles. The minimum absolute atomic E-state index is 0.0272. The van der Waals surface area contributed by atoms with Gasteiger partial charge in [0.25, 0.3) is 0 Å². The summed E-state index contributed by atoms with van der Waals surface area (Å²) in [4.78, 5) is 68.0. The summed E-state index contributed by atoms with van der Waals surface area (Å²) < 4.78 is 42.3. The number of esters is 4. The molecule has 1 aromatic carbocycles. The molecule has 0 N–H and O–H groups in total. The summed E-state index contributed by atoms with van der Waals surface area (Å²) in [6, 6.07) is 2.92. The van der Waals surface area contributed by atoms with Gasteiger partial charge >= 0.3 is 29.5 Å². The first kappa shape index (κ1) is 32.5. The van der Waals surface area contributed by atoms with Gasteiger partial charge in [0.05, 0.1) is 28.9 Å². The van der Waals surface area contributed by atoms with Gasteiger partial charge in [-0.1, -0.05) is 27.7 Å². The molecular formula is C36H42O12. The topological polar surface area (TPSA) is 154 Å². The zero-order chi connectivity index (χ0) is 35.2. The number of hydrogen-bond donors (Lipinski definition) is 0. The summed E-state index contributed by atoms with van der Waals surface area (Å²) in [6.07, 6.45) is -1.44. The molecule has 1 aromatic heterocycles. The molecule has 12 heteroatoms. The van der Waals surface area contributed by atoms with Gasteiger partial charge in [0.15, 0.2) is 17.8 Å². The Morgan fingerprint density at radius 2 is 1.27 bits per heavy atom. The molecule has 258 valence electrons. The smallest absolute Gasteiger partial charge is 0.351 e. The predicted octanol–water partition coefficient (Wildman–Crippen LogP) is 5.02. The summed E-state index contributed by atoms with van der Waals surface area (Å²) in [5, 5.41) is 0.431. The monoisotopic (exact) mass is 666 g/mol. The van der Waals surface area contributed by atoms with Crippen molar-refractivity contribution in [2.24, 2.45) is 21.7 Å². The first-order valence-corrected chi connectivity index (χ1v) is 16.4. The summed E-state index contributed by atoms with van der Waals surface area (Å²) >= 11 is 0. The van der Waals surface area contributed by atoms with Crippen LogP contribution in [0.15, 0.2) is 21.3 Å². The van der Waals surface area contributed by atoms with E-state index in [0.29, 0.717) is 29.5 Å². The average molecular weight is 667 g/mol. The van der Waals surface area contributed by atoms with Crippen LogP contribution in [0.25, 0.3) is 11.0 Å².